The van der Waals surface area contributed by atoms with Crippen molar-refractivity contribution >= 4 is 11.7 Å². The molecule has 2 aromatic rings. The van der Waals surface area contributed by atoms with Crippen LogP contribution in [0.25, 0.3) is 0 Å². The third-order valence-electron chi connectivity index (χ3n) is 2.79. The molecule has 1 heterocycles. The zero-order valence-corrected chi connectivity index (χ0v) is 11.1. The number of hydrogen-bond acceptors (Lipinski definition) is 4. The highest BCUT2D eigenvalue weighted by Gasteiger charge is 2.14. The average Bonchev–Trinajstić information content (AvgIpc) is 2.39. The van der Waals surface area contributed by atoms with Gasteiger partial charge in [0.15, 0.2) is 12.4 Å². The van der Waals surface area contributed by atoms with E-state index in [1.807, 2.05) is 7.05 Å². The van der Waals surface area contributed by atoms with E-state index in [1.165, 1.54) is 18.2 Å². The molecular weight excluding hydrogens is 260 g/mol. The molecule has 0 bridgehead atoms. The monoisotopic (exact) mass is 273 g/mol. The largest absolute Gasteiger partial charge is 0.423 e. The Bertz CT molecular complexity index is 665. The lowest BCUT2D eigenvalue weighted by molar-refractivity contribution is -0.671. The topological polar surface area (TPSA) is 73.3 Å². The quantitative estimate of drug-likeness (QED) is 0.282. The van der Waals surface area contributed by atoms with Gasteiger partial charge in [0.25, 0.3) is 5.69 Å². The lowest BCUT2D eigenvalue weighted by Crippen LogP contribution is -2.26. The van der Waals surface area contributed by atoms with Crippen LogP contribution < -0.4 is 9.30 Å². The summed E-state index contributed by atoms with van der Waals surface area (Å²) in [4.78, 5) is 22.1. The van der Waals surface area contributed by atoms with E-state index in [4.69, 9.17) is 4.74 Å². The summed E-state index contributed by atoms with van der Waals surface area (Å²) in [7, 11) is 1.84. The molecule has 0 aliphatic heterocycles. The van der Waals surface area contributed by atoms with Crippen LogP contribution >= 0.6 is 0 Å². The maximum atomic E-state index is 11.9. The Hall–Kier alpha value is -2.76. The molecule has 0 saturated heterocycles. The number of ether oxygens (including phenoxy) is 1. The van der Waals surface area contributed by atoms with Gasteiger partial charge in [0, 0.05) is 23.8 Å². The fourth-order valence-electron chi connectivity index (χ4n) is 1.70. The number of carbonyl (C=O) groups excluding carboxylic acids is 1. The van der Waals surface area contributed by atoms with Gasteiger partial charge in [-0.2, -0.15) is 0 Å². The normalized spacial score (nSPS) is 10.1. The maximum absolute atomic E-state index is 11.9. The van der Waals surface area contributed by atoms with E-state index >= 15 is 0 Å². The summed E-state index contributed by atoms with van der Waals surface area (Å²) in [5.41, 5.74) is 0.857. The van der Waals surface area contributed by atoms with Crippen LogP contribution in [0.4, 0.5) is 5.69 Å². The van der Waals surface area contributed by atoms with E-state index in [-0.39, 0.29) is 11.4 Å². The van der Waals surface area contributed by atoms with Crippen LogP contribution in [-0.4, -0.2) is 10.9 Å². The molecule has 0 amide bonds. The third-order valence-corrected chi connectivity index (χ3v) is 2.79. The molecular formula is C14H13N2O4+. The first-order valence-corrected chi connectivity index (χ1v) is 5.90. The molecule has 102 valence electrons. The van der Waals surface area contributed by atoms with Crippen molar-refractivity contribution in [1.29, 1.82) is 0 Å². The van der Waals surface area contributed by atoms with Crippen molar-refractivity contribution in [3.63, 3.8) is 0 Å². The second-order valence-corrected chi connectivity index (χ2v) is 4.35. The Morgan fingerprint density at radius 1 is 1.25 bits per heavy atom. The Kier molecular flexibility index (Phi) is 3.74. The molecule has 0 saturated carbocycles. The van der Waals surface area contributed by atoms with E-state index in [2.05, 4.69) is 0 Å². The fraction of sp³-hybridized carbons (Fsp3) is 0.143. The van der Waals surface area contributed by atoms with Gasteiger partial charge in [0.1, 0.15) is 12.8 Å². The zero-order chi connectivity index (χ0) is 14.7. The predicted octanol–water partition coefficient (Wildman–Crippen LogP) is 1.95. The highest BCUT2D eigenvalue weighted by molar-refractivity contribution is 5.90. The van der Waals surface area contributed by atoms with Gasteiger partial charge in [-0.3, -0.25) is 10.1 Å². The second kappa shape index (κ2) is 5.48. The van der Waals surface area contributed by atoms with Crippen molar-refractivity contribution < 1.29 is 19.0 Å². The summed E-state index contributed by atoms with van der Waals surface area (Å²) < 4.78 is 6.98. The van der Waals surface area contributed by atoms with Gasteiger partial charge >= 0.3 is 5.97 Å². The number of aryl methyl sites for hydroxylation is 2. The van der Waals surface area contributed by atoms with Gasteiger partial charge in [0.2, 0.25) is 0 Å². The molecule has 0 N–H and O–H groups in total. The molecule has 0 aliphatic rings. The van der Waals surface area contributed by atoms with Gasteiger partial charge < -0.3 is 4.74 Å². The van der Waals surface area contributed by atoms with Crippen molar-refractivity contribution in [2.75, 3.05) is 0 Å². The van der Waals surface area contributed by atoms with E-state index in [0.29, 0.717) is 11.1 Å². The SMILES string of the molecule is Cc1cc(OC(=O)c2cc[n+](C)cc2)ccc1[N+](=O)[O-]. The highest BCUT2D eigenvalue weighted by Crippen LogP contribution is 2.23. The summed E-state index contributed by atoms with van der Waals surface area (Å²) in [5.74, 6) is -0.217. The highest BCUT2D eigenvalue weighted by atomic mass is 16.6. The van der Waals surface area contributed by atoms with Gasteiger partial charge in [0.05, 0.1) is 10.5 Å². The Morgan fingerprint density at radius 2 is 1.90 bits per heavy atom. The number of benzene rings is 1. The molecule has 0 radical (unpaired) electrons. The van der Waals surface area contributed by atoms with Crippen LogP contribution in [0, 0.1) is 17.0 Å². The molecule has 1 aromatic carbocycles. The molecule has 0 fully saturated rings. The molecule has 0 unspecified atom stereocenters. The number of aromatic nitrogens is 1. The van der Waals surface area contributed by atoms with Gasteiger partial charge in [-0.1, -0.05) is 0 Å². The van der Waals surface area contributed by atoms with Crippen LogP contribution in [0.3, 0.4) is 0 Å². The molecule has 20 heavy (non-hydrogen) atoms. The summed E-state index contributed by atoms with van der Waals surface area (Å²) in [6.07, 6.45) is 3.47. The number of nitro groups is 1. The Balaban J connectivity index is 2.18. The lowest BCUT2D eigenvalue weighted by atomic mass is 10.2. The molecule has 6 nitrogen and oxygen atoms in total. The molecule has 0 spiro atoms. The first kappa shape index (κ1) is 13.7. The molecule has 0 aliphatic carbocycles. The van der Waals surface area contributed by atoms with E-state index in [9.17, 15) is 14.9 Å². The first-order chi connectivity index (χ1) is 9.47. The van der Waals surface area contributed by atoms with Crippen LogP contribution in [0.2, 0.25) is 0 Å². The number of carbonyl (C=O) groups is 1. The van der Waals surface area contributed by atoms with E-state index in [1.54, 1.807) is 36.0 Å². The van der Waals surface area contributed by atoms with Gasteiger partial charge in [-0.25, -0.2) is 9.36 Å². The predicted molar refractivity (Wildman–Crippen MR) is 70.4 cm³/mol. The van der Waals surface area contributed by atoms with Crippen molar-refractivity contribution in [3.05, 3.63) is 64.0 Å². The number of esters is 1. The third kappa shape index (κ3) is 2.97. The van der Waals surface area contributed by atoms with Crippen LogP contribution in [-0.2, 0) is 7.05 Å². The summed E-state index contributed by atoms with van der Waals surface area (Å²) in [6, 6.07) is 7.48. The van der Waals surface area contributed by atoms with Gasteiger partial charge in [-0.15, -0.1) is 0 Å². The van der Waals surface area contributed by atoms with Crippen molar-refractivity contribution in [2.24, 2.45) is 7.05 Å². The minimum Gasteiger partial charge on any atom is -0.423 e. The summed E-state index contributed by atoms with van der Waals surface area (Å²) >= 11 is 0. The standard InChI is InChI=1S/C14H13N2O4/c1-10-9-12(3-4-13(10)16(18)19)20-14(17)11-5-7-15(2)8-6-11/h3-9H,1-2H3/q+1. The Morgan fingerprint density at radius 3 is 2.45 bits per heavy atom. The number of pyridine rings is 1. The summed E-state index contributed by atoms with van der Waals surface area (Å²) in [5, 5.41) is 10.7. The minimum absolute atomic E-state index is 0.00321. The Labute approximate surface area is 115 Å². The van der Waals surface area contributed by atoms with Crippen LogP contribution in [0.1, 0.15) is 15.9 Å². The van der Waals surface area contributed by atoms with Crippen molar-refractivity contribution in [3.8, 4) is 5.75 Å². The molecule has 1 aromatic heterocycles. The van der Waals surface area contributed by atoms with Crippen molar-refractivity contribution in [2.45, 2.75) is 6.92 Å². The first-order valence-electron chi connectivity index (χ1n) is 5.90. The maximum Gasteiger partial charge on any atom is 0.343 e. The van der Waals surface area contributed by atoms with Crippen LogP contribution in [0.15, 0.2) is 42.7 Å². The lowest BCUT2D eigenvalue weighted by Gasteiger charge is -2.05. The number of hydrogen-bond donors (Lipinski definition) is 0. The zero-order valence-electron chi connectivity index (χ0n) is 11.1. The molecule has 6 heteroatoms. The number of nitrogens with zero attached hydrogens (tertiary/aromatic N) is 2. The van der Waals surface area contributed by atoms with E-state index < -0.39 is 10.9 Å². The summed E-state index contributed by atoms with van der Waals surface area (Å²) in [6.45, 7) is 1.60. The number of rotatable bonds is 3. The smallest absolute Gasteiger partial charge is 0.343 e. The van der Waals surface area contributed by atoms with Crippen molar-refractivity contribution in [1.82, 2.24) is 0 Å². The van der Waals surface area contributed by atoms with E-state index in [0.717, 1.165) is 0 Å². The molecule has 0 atom stereocenters. The van der Waals surface area contributed by atoms with Gasteiger partial charge in [-0.05, 0) is 19.1 Å². The average molecular weight is 273 g/mol. The van der Waals surface area contributed by atoms with Crippen LogP contribution in [0.5, 0.6) is 5.75 Å². The fourth-order valence-corrected chi connectivity index (χ4v) is 1.70. The second-order valence-electron chi connectivity index (χ2n) is 4.35. The number of nitro benzene ring substituents is 1. The minimum atomic E-state index is -0.501. The molecule has 2 rings (SSSR count).